The number of allylic oxidation sites excluding steroid dienone is 2. The predicted molar refractivity (Wildman–Crippen MR) is 82.4 cm³/mol. The van der Waals surface area contributed by atoms with Crippen LogP contribution in [0.3, 0.4) is 0 Å². The number of carbonyl (C=O) groups excluding carboxylic acids is 1. The van der Waals surface area contributed by atoms with Crippen molar-refractivity contribution in [3.63, 3.8) is 0 Å². The summed E-state index contributed by atoms with van der Waals surface area (Å²) in [6, 6.07) is 11.8. The van der Waals surface area contributed by atoms with Crippen molar-refractivity contribution < 1.29 is 4.79 Å². The number of hydrogen-bond donors (Lipinski definition) is 1. The first-order valence-corrected chi connectivity index (χ1v) is 6.67. The van der Waals surface area contributed by atoms with Crippen molar-refractivity contribution in [3.05, 3.63) is 65.5 Å². The van der Waals surface area contributed by atoms with Crippen molar-refractivity contribution >= 4 is 12.0 Å². The van der Waals surface area contributed by atoms with E-state index in [4.69, 9.17) is 5.26 Å². The van der Waals surface area contributed by atoms with E-state index in [1.54, 1.807) is 23.0 Å². The number of hydrogen-bond acceptors (Lipinski definition) is 4. The van der Waals surface area contributed by atoms with E-state index in [2.05, 4.69) is 15.6 Å². The first-order valence-electron chi connectivity index (χ1n) is 6.67. The molecule has 0 spiro atoms. The van der Waals surface area contributed by atoms with Crippen LogP contribution in [0, 0.1) is 11.3 Å². The molecule has 0 aliphatic rings. The maximum atomic E-state index is 11.3. The fraction of sp³-hybridized carbons (Fsp3) is 0.125. The number of aromatic nitrogens is 3. The highest BCUT2D eigenvalue weighted by molar-refractivity contribution is 5.97. The number of carbonyl (C=O) groups is 1. The molecule has 0 saturated carbocycles. The summed E-state index contributed by atoms with van der Waals surface area (Å²) in [5.41, 5.74) is 1.83. The van der Waals surface area contributed by atoms with Crippen molar-refractivity contribution in [2.75, 3.05) is 7.05 Å². The van der Waals surface area contributed by atoms with Crippen LogP contribution < -0.4 is 5.32 Å². The summed E-state index contributed by atoms with van der Waals surface area (Å²) in [7, 11) is 1.48. The van der Waals surface area contributed by atoms with Crippen molar-refractivity contribution in [2.24, 2.45) is 0 Å². The first-order chi connectivity index (χ1) is 10.7. The molecular formula is C16H15N5O. The highest BCUT2D eigenvalue weighted by Gasteiger charge is 2.03. The Morgan fingerprint density at radius 3 is 2.86 bits per heavy atom. The summed E-state index contributed by atoms with van der Waals surface area (Å²) >= 11 is 0. The Labute approximate surface area is 128 Å². The van der Waals surface area contributed by atoms with Gasteiger partial charge in [0.05, 0.1) is 12.7 Å². The summed E-state index contributed by atoms with van der Waals surface area (Å²) in [6.07, 6.45) is 6.53. The molecule has 0 atom stereocenters. The fourth-order valence-corrected chi connectivity index (χ4v) is 1.78. The molecule has 1 heterocycles. The highest BCUT2D eigenvalue weighted by atomic mass is 16.1. The maximum Gasteiger partial charge on any atom is 0.261 e. The van der Waals surface area contributed by atoms with Crippen molar-refractivity contribution in [1.82, 2.24) is 20.3 Å². The van der Waals surface area contributed by atoms with Crippen LogP contribution in [0.5, 0.6) is 0 Å². The molecule has 6 heteroatoms. The van der Waals surface area contributed by atoms with E-state index in [-0.39, 0.29) is 5.57 Å². The van der Waals surface area contributed by atoms with Gasteiger partial charge in [0.2, 0.25) is 0 Å². The molecule has 2 aromatic rings. The predicted octanol–water partition coefficient (Wildman–Crippen LogP) is 1.54. The monoisotopic (exact) mass is 293 g/mol. The average Bonchev–Trinajstić information content (AvgIpc) is 2.99. The lowest BCUT2D eigenvalue weighted by Gasteiger charge is -1.98. The molecule has 110 valence electrons. The SMILES string of the molecule is CNC(=O)/C(C#N)=C/C=C/c1cn(Cc2ccccc2)nn1. The normalized spacial score (nSPS) is 11.4. The molecule has 1 amide bonds. The molecule has 0 aliphatic carbocycles. The molecule has 22 heavy (non-hydrogen) atoms. The summed E-state index contributed by atoms with van der Waals surface area (Å²) in [5.74, 6) is -0.417. The van der Waals surface area contributed by atoms with Crippen LogP contribution in [-0.2, 0) is 11.3 Å². The molecule has 0 saturated heterocycles. The van der Waals surface area contributed by atoms with Crippen LogP contribution in [0.1, 0.15) is 11.3 Å². The van der Waals surface area contributed by atoms with E-state index >= 15 is 0 Å². The van der Waals surface area contributed by atoms with Gasteiger partial charge in [0, 0.05) is 7.05 Å². The van der Waals surface area contributed by atoms with E-state index in [1.165, 1.54) is 13.1 Å². The second kappa shape index (κ2) is 7.55. The van der Waals surface area contributed by atoms with Crippen LogP contribution in [-0.4, -0.2) is 27.9 Å². The van der Waals surface area contributed by atoms with Gasteiger partial charge in [-0.2, -0.15) is 5.26 Å². The van der Waals surface area contributed by atoms with Gasteiger partial charge >= 0.3 is 0 Å². The van der Waals surface area contributed by atoms with Gasteiger partial charge in [0.1, 0.15) is 17.3 Å². The van der Waals surface area contributed by atoms with Gasteiger partial charge in [-0.1, -0.05) is 41.6 Å². The van der Waals surface area contributed by atoms with Crippen molar-refractivity contribution in [3.8, 4) is 6.07 Å². The molecule has 6 nitrogen and oxygen atoms in total. The van der Waals surface area contributed by atoms with E-state index in [9.17, 15) is 4.79 Å². The summed E-state index contributed by atoms with van der Waals surface area (Å²) < 4.78 is 1.72. The molecule has 0 fully saturated rings. The van der Waals surface area contributed by atoms with Gasteiger partial charge in [-0.3, -0.25) is 4.79 Å². The molecule has 0 unspecified atom stereocenters. The number of nitrogens with one attached hydrogen (secondary N) is 1. The third-order valence-corrected chi connectivity index (χ3v) is 2.87. The van der Waals surface area contributed by atoms with Gasteiger partial charge in [-0.05, 0) is 17.7 Å². The minimum absolute atomic E-state index is 0.0374. The molecule has 0 bridgehead atoms. The fourth-order valence-electron chi connectivity index (χ4n) is 1.78. The second-order valence-electron chi connectivity index (χ2n) is 4.46. The van der Waals surface area contributed by atoms with Gasteiger partial charge in [-0.25, -0.2) is 4.68 Å². The minimum Gasteiger partial charge on any atom is -0.354 e. The van der Waals surface area contributed by atoms with E-state index in [0.717, 1.165) is 5.56 Å². The number of rotatable bonds is 5. The largest absolute Gasteiger partial charge is 0.354 e. The lowest BCUT2D eigenvalue weighted by atomic mass is 10.2. The molecule has 0 radical (unpaired) electrons. The van der Waals surface area contributed by atoms with Gasteiger partial charge in [0.25, 0.3) is 5.91 Å². The minimum atomic E-state index is -0.417. The van der Waals surface area contributed by atoms with Crippen molar-refractivity contribution in [2.45, 2.75) is 6.54 Å². The lowest BCUT2D eigenvalue weighted by Crippen LogP contribution is -2.18. The van der Waals surface area contributed by atoms with Gasteiger partial charge in [-0.15, -0.1) is 5.10 Å². The third-order valence-electron chi connectivity index (χ3n) is 2.87. The van der Waals surface area contributed by atoms with E-state index in [0.29, 0.717) is 12.2 Å². The van der Waals surface area contributed by atoms with Crippen LogP contribution in [0.4, 0.5) is 0 Å². The number of nitriles is 1. The Bertz CT molecular complexity index is 737. The number of benzene rings is 1. The Morgan fingerprint density at radius 1 is 1.41 bits per heavy atom. The zero-order valence-corrected chi connectivity index (χ0v) is 12.1. The van der Waals surface area contributed by atoms with Gasteiger partial charge < -0.3 is 5.32 Å². The van der Waals surface area contributed by atoms with Crippen LogP contribution >= 0.6 is 0 Å². The standard InChI is InChI=1S/C16H15N5O/c1-18-16(22)14(10-17)8-5-9-15-12-21(20-19-15)11-13-6-3-2-4-7-13/h2-9,12H,11H2,1H3,(H,18,22)/b9-5+,14-8+. The second-order valence-corrected chi connectivity index (χ2v) is 4.46. The van der Waals surface area contributed by atoms with Crippen LogP contribution in [0.15, 0.2) is 54.3 Å². The number of amides is 1. The summed E-state index contributed by atoms with van der Waals surface area (Å²) in [5, 5.41) is 19.3. The Balaban J connectivity index is 2.03. The van der Waals surface area contributed by atoms with E-state index < -0.39 is 5.91 Å². The molecule has 0 aliphatic heterocycles. The van der Waals surface area contributed by atoms with Crippen molar-refractivity contribution in [1.29, 1.82) is 5.26 Å². The van der Waals surface area contributed by atoms with Gasteiger partial charge in [0.15, 0.2) is 0 Å². The lowest BCUT2D eigenvalue weighted by molar-refractivity contribution is -0.116. The summed E-state index contributed by atoms with van der Waals surface area (Å²) in [4.78, 5) is 11.3. The highest BCUT2D eigenvalue weighted by Crippen LogP contribution is 2.03. The molecule has 1 aromatic heterocycles. The maximum absolute atomic E-state index is 11.3. The smallest absolute Gasteiger partial charge is 0.261 e. The quantitative estimate of drug-likeness (QED) is 0.515. The van der Waals surface area contributed by atoms with Crippen LogP contribution in [0.25, 0.3) is 6.08 Å². The Kier molecular flexibility index (Phi) is 5.21. The Hall–Kier alpha value is -3.20. The molecule has 1 N–H and O–H groups in total. The number of nitrogens with zero attached hydrogens (tertiary/aromatic N) is 4. The molecular weight excluding hydrogens is 278 g/mol. The first kappa shape index (κ1) is 15.2. The number of likely N-dealkylation sites (N-methyl/N-ethyl adjacent to an activating group) is 1. The van der Waals surface area contributed by atoms with Crippen LogP contribution in [0.2, 0.25) is 0 Å². The summed E-state index contributed by atoms with van der Waals surface area (Å²) in [6.45, 7) is 0.638. The average molecular weight is 293 g/mol. The topological polar surface area (TPSA) is 83.6 Å². The Morgan fingerprint density at radius 2 is 2.18 bits per heavy atom. The third kappa shape index (κ3) is 4.15. The van der Waals surface area contributed by atoms with E-state index in [1.807, 2.05) is 36.4 Å². The molecule has 1 aromatic carbocycles. The zero-order chi connectivity index (χ0) is 15.8. The zero-order valence-electron chi connectivity index (χ0n) is 12.1. The molecule has 2 rings (SSSR count).